The van der Waals surface area contributed by atoms with E-state index in [0.717, 1.165) is 11.1 Å². The number of rotatable bonds is 12. The van der Waals surface area contributed by atoms with Gasteiger partial charge in [0.05, 0.1) is 24.3 Å². The molecule has 0 aromatic heterocycles. The Labute approximate surface area is 212 Å². The predicted molar refractivity (Wildman–Crippen MR) is 137 cm³/mol. The molecule has 0 heterocycles. The first-order valence-electron chi connectivity index (χ1n) is 11.4. The summed E-state index contributed by atoms with van der Waals surface area (Å²) in [4.78, 5) is 28.0. The smallest absolute Gasteiger partial charge is 0.242 e. The van der Waals surface area contributed by atoms with Gasteiger partial charge in [-0.05, 0) is 54.2 Å². The van der Waals surface area contributed by atoms with E-state index in [4.69, 9.17) is 32.7 Å². The number of aryl methyl sites for hydroxylation is 1. The molecule has 0 spiro atoms. The Balaban J connectivity index is 2.24. The van der Waals surface area contributed by atoms with Crippen molar-refractivity contribution in [1.29, 1.82) is 0 Å². The Hall–Kier alpha value is -2.44. The second-order valence-corrected chi connectivity index (χ2v) is 9.34. The number of ether oxygens (including phenoxy) is 2. The van der Waals surface area contributed by atoms with Crippen LogP contribution in [0.1, 0.15) is 44.7 Å². The topological polar surface area (TPSA) is 67.9 Å². The quantitative estimate of drug-likeness (QED) is 0.409. The summed E-state index contributed by atoms with van der Waals surface area (Å²) in [5.74, 6) is 1.28. The molecule has 8 heteroatoms. The third-order valence-electron chi connectivity index (χ3n) is 5.48. The van der Waals surface area contributed by atoms with Crippen LogP contribution in [0.2, 0.25) is 10.0 Å². The van der Waals surface area contributed by atoms with Crippen LogP contribution in [0.3, 0.4) is 0 Å². The maximum absolute atomic E-state index is 13.4. The molecular formula is C26H34Cl2N2O4. The molecular weight excluding hydrogens is 475 g/mol. The van der Waals surface area contributed by atoms with E-state index in [1.807, 2.05) is 45.0 Å². The number of carbonyl (C=O) groups is 2. The molecule has 6 nitrogen and oxygen atoms in total. The summed E-state index contributed by atoms with van der Waals surface area (Å²) in [5.41, 5.74) is 1.75. The van der Waals surface area contributed by atoms with E-state index in [1.54, 1.807) is 31.3 Å². The standard InChI is InChI=1S/C26H34Cl2N2O4/c1-6-22(26(32)29-15-17(2)3)30(16-19-7-10-20(27)21(28)13-19)25(31)12-9-18-8-11-23(33-4)24(14-18)34-5/h7-8,10-11,13-14,17,22H,6,9,12,15-16H2,1-5H3,(H,29,32)/t22-/m1/s1. The summed E-state index contributed by atoms with van der Waals surface area (Å²) in [7, 11) is 3.16. The first-order chi connectivity index (χ1) is 16.2. The highest BCUT2D eigenvalue weighted by Crippen LogP contribution is 2.28. The fourth-order valence-electron chi connectivity index (χ4n) is 3.61. The van der Waals surface area contributed by atoms with E-state index in [1.165, 1.54) is 0 Å². The van der Waals surface area contributed by atoms with Gasteiger partial charge in [0.2, 0.25) is 11.8 Å². The highest BCUT2D eigenvalue weighted by atomic mass is 35.5. The molecule has 0 aliphatic rings. The van der Waals surface area contributed by atoms with Gasteiger partial charge in [-0.1, -0.05) is 56.1 Å². The molecule has 0 saturated heterocycles. The number of methoxy groups -OCH3 is 2. The van der Waals surface area contributed by atoms with E-state index in [9.17, 15) is 9.59 Å². The van der Waals surface area contributed by atoms with Gasteiger partial charge in [0.15, 0.2) is 11.5 Å². The first-order valence-corrected chi connectivity index (χ1v) is 12.2. The van der Waals surface area contributed by atoms with Crippen molar-refractivity contribution in [2.75, 3.05) is 20.8 Å². The summed E-state index contributed by atoms with van der Waals surface area (Å²) < 4.78 is 10.7. The van der Waals surface area contributed by atoms with Crippen LogP contribution in [0.4, 0.5) is 0 Å². The molecule has 2 aromatic rings. The van der Waals surface area contributed by atoms with E-state index in [-0.39, 0.29) is 24.8 Å². The SMILES string of the molecule is CC[C@H](C(=O)NCC(C)C)N(Cc1ccc(Cl)c(Cl)c1)C(=O)CCc1ccc(OC)c(OC)c1. The predicted octanol–water partition coefficient (Wildman–Crippen LogP) is 5.52. The summed E-state index contributed by atoms with van der Waals surface area (Å²) in [6, 6.07) is 10.3. The van der Waals surface area contributed by atoms with Crippen molar-refractivity contribution in [2.24, 2.45) is 5.92 Å². The van der Waals surface area contributed by atoms with Gasteiger partial charge < -0.3 is 19.7 Å². The van der Waals surface area contributed by atoms with Crippen molar-refractivity contribution in [1.82, 2.24) is 10.2 Å². The normalized spacial score (nSPS) is 11.8. The van der Waals surface area contributed by atoms with E-state index < -0.39 is 6.04 Å². The number of nitrogens with zero attached hydrogens (tertiary/aromatic N) is 1. The molecule has 0 aliphatic carbocycles. The Bertz CT molecular complexity index is 981. The minimum absolute atomic E-state index is 0.118. The number of hydrogen-bond donors (Lipinski definition) is 1. The van der Waals surface area contributed by atoms with Gasteiger partial charge in [-0.25, -0.2) is 0 Å². The summed E-state index contributed by atoms with van der Waals surface area (Å²) in [5, 5.41) is 3.82. The first kappa shape index (κ1) is 27.8. The van der Waals surface area contributed by atoms with E-state index in [0.29, 0.717) is 46.8 Å². The maximum atomic E-state index is 13.4. The third kappa shape index (κ3) is 7.81. The van der Waals surface area contributed by atoms with Gasteiger partial charge in [-0.2, -0.15) is 0 Å². The van der Waals surface area contributed by atoms with Crippen LogP contribution in [0, 0.1) is 5.92 Å². The van der Waals surface area contributed by atoms with Crippen molar-refractivity contribution in [3.05, 3.63) is 57.6 Å². The van der Waals surface area contributed by atoms with Gasteiger partial charge in [0.25, 0.3) is 0 Å². The van der Waals surface area contributed by atoms with Crippen LogP contribution in [-0.2, 0) is 22.6 Å². The lowest BCUT2D eigenvalue weighted by atomic mass is 10.1. The molecule has 2 aromatic carbocycles. The number of amides is 2. The zero-order valence-corrected chi connectivity index (χ0v) is 22.0. The Morgan fingerprint density at radius 3 is 2.24 bits per heavy atom. The van der Waals surface area contributed by atoms with Gasteiger partial charge >= 0.3 is 0 Å². The average molecular weight is 509 g/mol. The lowest BCUT2D eigenvalue weighted by Crippen LogP contribution is -2.49. The van der Waals surface area contributed by atoms with Crippen molar-refractivity contribution < 1.29 is 19.1 Å². The molecule has 0 aliphatic heterocycles. The molecule has 0 saturated carbocycles. The molecule has 0 radical (unpaired) electrons. The number of nitrogens with one attached hydrogen (secondary N) is 1. The van der Waals surface area contributed by atoms with Crippen LogP contribution in [0.5, 0.6) is 11.5 Å². The minimum Gasteiger partial charge on any atom is -0.493 e. The second kappa shape index (κ2) is 13.4. The summed E-state index contributed by atoms with van der Waals surface area (Å²) in [6.07, 6.45) is 1.24. The van der Waals surface area contributed by atoms with E-state index in [2.05, 4.69) is 5.32 Å². The fraction of sp³-hybridized carbons (Fsp3) is 0.462. The van der Waals surface area contributed by atoms with Crippen LogP contribution in [0.25, 0.3) is 0 Å². The lowest BCUT2D eigenvalue weighted by molar-refractivity contribution is -0.141. The number of hydrogen-bond acceptors (Lipinski definition) is 4. The lowest BCUT2D eigenvalue weighted by Gasteiger charge is -2.31. The highest BCUT2D eigenvalue weighted by molar-refractivity contribution is 6.42. The Kier molecular flexibility index (Phi) is 11.0. The van der Waals surface area contributed by atoms with Gasteiger partial charge in [0.1, 0.15) is 6.04 Å². The molecule has 186 valence electrons. The van der Waals surface area contributed by atoms with Crippen LogP contribution in [-0.4, -0.2) is 43.5 Å². The highest BCUT2D eigenvalue weighted by Gasteiger charge is 2.28. The van der Waals surface area contributed by atoms with E-state index >= 15 is 0 Å². The fourth-order valence-corrected chi connectivity index (χ4v) is 3.93. The molecule has 34 heavy (non-hydrogen) atoms. The summed E-state index contributed by atoms with van der Waals surface area (Å²) in [6.45, 7) is 6.78. The molecule has 1 atom stereocenters. The largest absolute Gasteiger partial charge is 0.493 e. The molecule has 0 unspecified atom stereocenters. The van der Waals surface area contributed by atoms with Crippen LogP contribution < -0.4 is 14.8 Å². The Morgan fingerprint density at radius 2 is 1.65 bits per heavy atom. The van der Waals surface area contributed by atoms with Crippen molar-refractivity contribution in [2.45, 2.75) is 52.6 Å². The minimum atomic E-state index is -0.592. The molecule has 2 amide bonds. The second-order valence-electron chi connectivity index (χ2n) is 8.52. The molecule has 0 bridgehead atoms. The van der Waals surface area contributed by atoms with Gasteiger partial charge in [0, 0.05) is 19.5 Å². The monoisotopic (exact) mass is 508 g/mol. The van der Waals surface area contributed by atoms with Crippen molar-refractivity contribution >= 4 is 35.0 Å². The Morgan fingerprint density at radius 1 is 0.971 bits per heavy atom. The van der Waals surface area contributed by atoms with Crippen LogP contribution >= 0.6 is 23.2 Å². The maximum Gasteiger partial charge on any atom is 0.242 e. The number of carbonyl (C=O) groups excluding carboxylic acids is 2. The number of halogens is 2. The third-order valence-corrected chi connectivity index (χ3v) is 6.22. The zero-order chi connectivity index (χ0) is 25.3. The van der Waals surface area contributed by atoms with Gasteiger partial charge in [-0.3, -0.25) is 9.59 Å². The van der Waals surface area contributed by atoms with Gasteiger partial charge in [-0.15, -0.1) is 0 Å². The number of benzene rings is 2. The molecule has 0 fully saturated rings. The molecule has 2 rings (SSSR count). The zero-order valence-electron chi connectivity index (χ0n) is 20.5. The van der Waals surface area contributed by atoms with Crippen LogP contribution in [0.15, 0.2) is 36.4 Å². The molecule has 1 N–H and O–H groups in total. The average Bonchev–Trinajstić information content (AvgIpc) is 2.82. The van der Waals surface area contributed by atoms with Crippen molar-refractivity contribution in [3.8, 4) is 11.5 Å². The van der Waals surface area contributed by atoms with Crippen molar-refractivity contribution in [3.63, 3.8) is 0 Å². The summed E-state index contributed by atoms with van der Waals surface area (Å²) >= 11 is 12.3.